The van der Waals surface area contributed by atoms with E-state index in [-0.39, 0.29) is 7.43 Å². The molecule has 0 radical (unpaired) electrons. The number of hydrogen-bond acceptors (Lipinski definition) is 2. The van der Waals surface area contributed by atoms with Crippen LogP contribution in [-0.4, -0.2) is 50.1 Å². The third-order valence-electron chi connectivity index (χ3n) is 7.48. The van der Waals surface area contributed by atoms with Crippen LogP contribution in [0.1, 0.15) is 93.4 Å². The number of likely N-dealkylation sites (tertiary alicyclic amines) is 2. The zero-order chi connectivity index (χ0) is 19.4. The molecule has 2 nitrogen and oxygen atoms in total. The van der Waals surface area contributed by atoms with Gasteiger partial charge in [0.25, 0.3) is 0 Å². The molecule has 6 fully saturated rings. The second-order valence-corrected chi connectivity index (χ2v) is 10.8. The van der Waals surface area contributed by atoms with Gasteiger partial charge < -0.3 is 9.80 Å². The first-order chi connectivity index (χ1) is 12.3. The average Bonchev–Trinajstić information content (AvgIpc) is 2.50. The van der Waals surface area contributed by atoms with Crippen LogP contribution >= 0.6 is 0 Å². The van der Waals surface area contributed by atoms with Crippen molar-refractivity contribution in [2.45, 2.75) is 93.4 Å². The molecular formula is C25H52N2. The van der Waals surface area contributed by atoms with Crippen LogP contribution in [0.15, 0.2) is 0 Å². The maximum absolute atomic E-state index is 2.42. The van der Waals surface area contributed by atoms with Crippen molar-refractivity contribution in [1.82, 2.24) is 9.80 Å². The minimum absolute atomic E-state index is 0. The van der Waals surface area contributed by atoms with Crippen molar-refractivity contribution >= 4 is 0 Å². The van der Waals surface area contributed by atoms with Gasteiger partial charge in [0.2, 0.25) is 0 Å². The van der Waals surface area contributed by atoms with Gasteiger partial charge in [-0.15, -0.1) is 0 Å². The summed E-state index contributed by atoms with van der Waals surface area (Å²) in [5, 5.41) is 0. The molecule has 27 heavy (non-hydrogen) atoms. The maximum atomic E-state index is 2.42. The van der Waals surface area contributed by atoms with E-state index < -0.39 is 0 Å². The van der Waals surface area contributed by atoms with Gasteiger partial charge in [0.15, 0.2) is 0 Å². The highest BCUT2D eigenvalue weighted by molar-refractivity contribution is 4.99. The number of fused-ring (bicyclic) bond motifs is 2. The minimum Gasteiger partial charge on any atom is -0.306 e. The molecule has 0 N–H and O–H groups in total. The molecule has 2 atom stereocenters. The normalized spacial score (nSPS) is 32.8. The van der Waals surface area contributed by atoms with Gasteiger partial charge in [0, 0.05) is 13.1 Å². The molecule has 2 heteroatoms. The molecule has 6 aliphatic rings. The Morgan fingerprint density at radius 1 is 0.778 bits per heavy atom. The predicted octanol–water partition coefficient (Wildman–Crippen LogP) is 6.56. The van der Waals surface area contributed by atoms with Crippen LogP contribution in [0.4, 0.5) is 0 Å². The summed E-state index contributed by atoms with van der Waals surface area (Å²) >= 11 is 0. The third kappa shape index (κ3) is 6.46. The molecule has 6 rings (SSSR count). The molecule has 2 saturated heterocycles. The van der Waals surface area contributed by atoms with E-state index in [2.05, 4.69) is 44.7 Å². The van der Waals surface area contributed by atoms with Crippen molar-refractivity contribution in [1.29, 1.82) is 0 Å². The summed E-state index contributed by atoms with van der Waals surface area (Å²) in [6, 6.07) is 0. The molecular weight excluding hydrogens is 328 g/mol. The van der Waals surface area contributed by atoms with E-state index in [1.165, 1.54) is 71.1 Å². The molecule has 2 unspecified atom stereocenters. The van der Waals surface area contributed by atoms with Crippen LogP contribution in [0, 0.1) is 28.6 Å². The zero-order valence-electron chi connectivity index (χ0n) is 19.1. The molecule has 0 aromatic heterocycles. The first-order valence-electron chi connectivity index (χ1n) is 11.7. The lowest BCUT2D eigenvalue weighted by atomic mass is 9.50. The van der Waals surface area contributed by atoms with Gasteiger partial charge in [-0.2, -0.15) is 0 Å². The Morgan fingerprint density at radius 3 is 1.41 bits per heavy atom. The fourth-order valence-electron chi connectivity index (χ4n) is 6.09. The molecule has 1 spiro atoms. The third-order valence-corrected chi connectivity index (χ3v) is 7.48. The van der Waals surface area contributed by atoms with Crippen molar-refractivity contribution in [3.05, 3.63) is 0 Å². The number of nitrogens with zero attached hydrogens (tertiary/aromatic N) is 2. The predicted molar refractivity (Wildman–Crippen MR) is 122 cm³/mol. The van der Waals surface area contributed by atoms with Crippen molar-refractivity contribution in [2.24, 2.45) is 28.6 Å². The van der Waals surface area contributed by atoms with E-state index in [1.807, 2.05) is 13.8 Å². The molecule has 2 aliphatic heterocycles. The molecule has 162 valence electrons. The van der Waals surface area contributed by atoms with Crippen molar-refractivity contribution in [3.63, 3.8) is 0 Å². The fourth-order valence-corrected chi connectivity index (χ4v) is 6.09. The van der Waals surface area contributed by atoms with E-state index >= 15 is 0 Å². The summed E-state index contributed by atoms with van der Waals surface area (Å²) < 4.78 is 0. The Labute approximate surface area is 172 Å². The molecule has 0 aromatic rings. The van der Waals surface area contributed by atoms with E-state index in [1.54, 1.807) is 6.42 Å². The van der Waals surface area contributed by atoms with Crippen molar-refractivity contribution in [3.8, 4) is 0 Å². The topological polar surface area (TPSA) is 6.48 Å². The lowest BCUT2D eigenvalue weighted by molar-refractivity contribution is -0.0583. The Balaban J connectivity index is 0.000000201. The van der Waals surface area contributed by atoms with Crippen molar-refractivity contribution < 1.29 is 0 Å². The summed E-state index contributed by atoms with van der Waals surface area (Å²) in [7, 11) is 4.35. The summed E-state index contributed by atoms with van der Waals surface area (Å²) in [5.74, 6) is 3.28. The molecule has 4 aliphatic carbocycles. The SMILES string of the molecule is C.CC.CC(C)(C)C1C2CCCC1C2.CN1CC2(CCC2)C1.CN1CCC1. The first kappa shape index (κ1) is 25.0. The zero-order valence-corrected chi connectivity index (χ0v) is 19.1. The summed E-state index contributed by atoms with van der Waals surface area (Å²) in [5.41, 5.74) is 1.43. The summed E-state index contributed by atoms with van der Waals surface area (Å²) in [6.07, 6.45) is 12.1. The van der Waals surface area contributed by atoms with Gasteiger partial charge in [-0.05, 0) is 81.5 Å². The van der Waals surface area contributed by atoms with Gasteiger partial charge in [-0.25, -0.2) is 0 Å². The van der Waals surface area contributed by atoms with E-state index in [0.29, 0.717) is 5.41 Å². The van der Waals surface area contributed by atoms with Crippen molar-refractivity contribution in [2.75, 3.05) is 40.3 Å². The number of rotatable bonds is 0. The monoisotopic (exact) mass is 380 g/mol. The van der Waals surface area contributed by atoms with Gasteiger partial charge >= 0.3 is 0 Å². The lowest BCUT2D eigenvalue weighted by Crippen LogP contribution is -2.57. The van der Waals surface area contributed by atoms with Crippen LogP contribution in [0.3, 0.4) is 0 Å². The average molecular weight is 381 g/mol. The van der Waals surface area contributed by atoms with Gasteiger partial charge in [0.1, 0.15) is 0 Å². The quantitative estimate of drug-likeness (QED) is 0.470. The van der Waals surface area contributed by atoms with E-state index in [0.717, 1.165) is 23.2 Å². The van der Waals surface area contributed by atoms with Crippen LogP contribution in [-0.2, 0) is 0 Å². The standard InChI is InChI=1S/C11H20.C7H13N.C4H9N.C2H6.CH4/c1-11(2,3)10-8-5-4-6-9(10)7-8;1-8-5-7(6-8)3-2-4-7;1-5-3-2-4-5;1-2;/h8-10H,4-7H2,1-3H3;2-6H2,1H3;2-4H2,1H3;1-2H3;1H4. The second-order valence-electron chi connectivity index (χ2n) is 10.8. The van der Waals surface area contributed by atoms with E-state index in [9.17, 15) is 0 Å². The minimum atomic E-state index is 0. The Bertz CT molecular complexity index is 381. The number of hydrogen-bond donors (Lipinski definition) is 0. The van der Waals surface area contributed by atoms with Crippen LogP contribution in [0.2, 0.25) is 0 Å². The maximum Gasteiger partial charge on any atom is 0.00474 e. The molecule has 0 aromatic carbocycles. The molecule has 4 saturated carbocycles. The Hall–Kier alpha value is -0.0800. The first-order valence-corrected chi connectivity index (χ1v) is 11.7. The highest BCUT2D eigenvalue weighted by atomic mass is 15.2. The second kappa shape index (κ2) is 10.6. The molecule has 0 amide bonds. The smallest absolute Gasteiger partial charge is 0.00474 e. The summed E-state index contributed by atoms with van der Waals surface area (Å²) in [4.78, 5) is 4.72. The van der Waals surface area contributed by atoms with Gasteiger partial charge in [-0.3, -0.25) is 0 Å². The van der Waals surface area contributed by atoms with Crippen LogP contribution in [0.5, 0.6) is 0 Å². The fraction of sp³-hybridized carbons (Fsp3) is 1.00. The van der Waals surface area contributed by atoms with Crippen LogP contribution in [0.25, 0.3) is 0 Å². The van der Waals surface area contributed by atoms with Crippen LogP contribution < -0.4 is 0 Å². The molecule has 2 bridgehead atoms. The Kier molecular flexibility index (Phi) is 9.82. The largest absolute Gasteiger partial charge is 0.306 e. The van der Waals surface area contributed by atoms with Gasteiger partial charge in [-0.1, -0.05) is 67.7 Å². The lowest BCUT2D eigenvalue weighted by Gasteiger charge is -2.55. The Morgan fingerprint density at radius 2 is 1.26 bits per heavy atom. The van der Waals surface area contributed by atoms with E-state index in [4.69, 9.17) is 0 Å². The summed E-state index contributed by atoms with van der Waals surface area (Å²) in [6.45, 7) is 16.7. The highest BCUT2D eigenvalue weighted by Gasteiger charge is 2.48. The molecule has 2 heterocycles. The van der Waals surface area contributed by atoms with Gasteiger partial charge in [0.05, 0.1) is 0 Å². The highest BCUT2D eigenvalue weighted by Crippen LogP contribution is 2.57.